The third-order valence-corrected chi connectivity index (χ3v) is 3.10. The van der Waals surface area contributed by atoms with Crippen LogP contribution in [0.4, 0.5) is 0 Å². The smallest absolute Gasteiger partial charge is 0.207 e. The number of methoxy groups -OCH3 is 2. The van der Waals surface area contributed by atoms with Gasteiger partial charge in [-0.2, -0.15) is 0 Å². The number of rotatable bonds is 4. The molecule has 1 aliphatic rings. The van der Waals surface area contributed by atoms with Gasteiger partial charge in [0.1, 0.15) is 0 Å². The third kappa shape index (κ3) is 2.84. The van der Waals surface area contributed by atoms with Crippen LogP contribution >= 0.6 is 0 Å². The summed E-state index contributed by atoms with van der Waals surface area (Å²) in [6.45, 7) is 0. The molecule has 1 aliphatic carbocycles. The second-order valence-corrected chi connectivity index (χ2v) is 4.20. The average molecular weight is 230 g/mol. The van der Waals surface area contributed by atoms with Crippen LogP contribution in [0.15, 0.2) is 54.6 Å². The van der Waals surface area contributed by atoms with E-state index in [-0.39, 0.29) is 0 Å². The monoisotopic (exact) mass is 230 g/mol. The Morgan fingerprint density at radius 3 is 2.12 bits per heavy atom. The van der Waals surface area contributed by atoms with Gasteiger partial charge in [0.25, 0.3) is 0 Å². The summed E-state index contributed by atoms with van der Waals surface area (Å²) in [5, 5.41) is 0. The molecule has 17 heavy (non-hydrogen) atoms. The molecular formula is C15H18O2. The molecular weight excluding hydrogens is 212 g/mol. The van der Waals surface area contributed by atoms with Crippen molar-refractivity contribution in [1.29, 1.82) is 0 Å². The Labute approximate surface area is 103 Å². The van der Waals surface area contributed by atoms with Crippen molar-refractivity contribution in [3.8, 4) is 0 Å². The molecule has 0 amide bonds. The van der Waals surface area contributed by atoms with E-state index in [1.165, 1.54) is 5.56 Å². The number of benzene rings is 1. The zero-order chi connectivity index (χ0) is 12.1. The predicted molar refractivity (Wildman–Crippen MR) is 68.7 cm³/mol. The number of hydrogen-bond acceptors (Lipinski definition) is 2. The summed E-state index contributed by atoms with van der Waals surface area (Å²) in [7, 11) is 3.30. The Morgan fingerprint density at radius 1 is 1.00 bits per heavy atom. The van der Waals surface area contributed by atoms with Gasteiger partial charge < -0.3 is 9.47 Å². The van der Waals surface area contributed by atoms with E-state index >= 15 is 0 Å². The van der Waals surface area contributed by atoms with Gasteiger partial charge in [-0.25, -0.2) is 0 Å². The second kappa shape index (κ2) is 5.30. The molecule has 1 aromatic carbocycles. The van der Waals surface area contributed by atoms with E-state index in [1.807, 2.05) is 18.2 Å². The molecule has 0 saturated heterocycles. The molecule has 0 aromatic heterocycles. The predicted octanol–water partition coefficient (Wildman–Crippen LogP) is 2.96. The standard InChI is InChI=1S/C15H18O2/c1-16-15(17-2)10-8-14(9-11-15)12-13-6-4-3-5-7-13/h3-11,14H,12H2,1-2H3. The molecule has 1 aromatic rings. The van der Waals surface area contributed by atoms with Crippen molar-refractivity contribution < 1.29 is 9.47 Å². The Balaban J connectivity index is 2.02. The lowest BCUT2D eigenvalue weighted by molar-refractivity contribution is -0.134. The Kier molecular flexibility index (Phi) is 3.77. The van der Waals surface area contributed by atoms with E-state index in [1.54, 1.807) is 14.2 Å². The lowest BCUT2D eigenvalue weighted by Crippen LogP contribution is -2.30. The van der Waals surface area contributed by atoms with E-state index in [0.29, 0.717) is 5.92 Å². The average Bonchev–Trinajstić information content (AvgIpc) is 2.41. The van der Waals surface area contributed by atoms with Gasteiger partial charge in [0.15, 0.2) is 0 Å². The van der Waals surface area contributed by atoms with Gasteiger partial charge in [-0.3, -0.25) is 0 Å². The number of hydrogen-bond donors (Lipinski definition) is 0. The molecule has 2 nitrogen and oxygen atoms in total. The van der Waals surface area contributed by atoms with Crippen molar-refractivity contribution in [2.24, 2.45) is 5.92 Å². The lowest BCUT2D eigenvalue weighted by atomic mass is 9.93. The minimum atomic E-state index is -0.673. The highest BCUT2D eigenvalue weighted by atomic mass is 16.7. The van der Waals surface area contributed by atoms with Gasteiger partial charge in [-0.1, -0.05) is 42.5 Å². The minimum Gasteiger partial charge on any atom is -0.346 e. The van der Waals surface area contributed by atoms with Crippen LogP contribution in [0.25, 0.3) is 0 Å². The van der Waals surface area contributed by atoms with Crippen LogP contribution in [-0.2, 0) is 15.9 Å². The van der Waals surface area contributed by atoms with Crippen LogP contribution in [0.1, 0.15) is 5.56 Å². The largest absolute Gasteiger partial charge is 0.346 e. The first-order chi connectivity index (χ1) is 8.28. The molecule has 0 atom stereocenters. The first-order valence-corrected chi connectivity index (χ1v) is 5.81. The van der Waals surface area contributed by atoms with Crippen LogP contribution in [-0.4, -0.2) is 20.0 Å². The SMILES string of the molecule is COC1(OC)C=CC(Cc2ccccc2)C=C1. The summed E-state index contributed by atoms with van der Waals surface area (Å²) < 4.78 is 10.7. The number of allylic oxidation sites excluding steroid dienone is 2. The van der Waals surface area contributed by atoms with Crippen molar-refractivity contribution >= 4 is 0 Å². The molecule has 90 valence electrons. The van der Waals surface area contributed by atoms with Crippen LogP contribution in [0.2, 0.25) is 0 Å². The maximum atomic E-state index is 5.33. The summed E-state index contributed by atoms with van der Waals surface area (Å²) in [5.74, 6) is -0.261. The highest BCUT2D eigenvalue weighted by Gasteiger charge is 2.25. The van der Waals surface area contributed by atoms with Crippen LogP contribution < -0.4 is 0 Å². The highest BCUT2D eigenvalue weighted by Crippen LogP contribution is 2.24. The molecule has 2 heteroatoms. The van der Waals surface area contributed by atoms with Gasteiger partial charge in [-0.05, 0) is 30.1 Å². The van der Waals surface area contributed by atoms with E-state index in [4.69, 9.17) is 9.47 Å². The van der Waals surface area contributed by atoms with E-state index in [0.717, 1.165) is 6.42 Å². The summed E-state index contributed by atoms with van der Waals surface area (Å²) in [5.41, 5.74) is 1.34. The van der Waals surface area contributed by atoms with Crippen LogP contribution in [0.5, 0.6) is 0 Å². The molecule has 0 unspecified atom stereocenters. The molecule has 0 bridgehead atoms. The van der Waals surface area contributed by atoms with Crippen molar-refractivity contribution in [3.63, 3.8) is 0 Å². The van der Waals surface area contributed by atoms with E-state index in [9.17, 15) is 0 Å². The summed E-state index contributed by atoms with van der Waals surface area (Å²) >= 11 is 0. The highest BCUT2D eigenvalue weighted by molar-refractivity contribution is 5.24. The molecule has 0 aliphatic heterocycles. The topological polar surface area (TPSA) is 18.5 Å². The maximum Gasteiger partial charge on any atom is 0.207 e. The third-order valence-electron chi connectivity index (χ3n) is 3.10. The Morgan fingerprint density at radius 2 is 1.59 bits per heavy atom. The summed E-state index contributed by atoms with van der Waals surface area (Å²) in [6.07, 6.45) is 9.23. The zero-order valence-electron chi connectivity index (χ0n) is 10.3. The van der Waals surface area contributed by atoms with E-state index in [2.05, 4.69) is 36.4 Å². The van der Waals surface area contributed by atoms with Crippen LogP contribution in [0.3, 0.4) is 0 Å². The van der Waals surface area contributed by atoms with Gasteiger partial charge in [0.05, 0.1) is 0 Å². The summed E-state index contributed by atoms with van der Waals surface area (Å²) in [4.78, 5) is 0. The fraction of sp³-hybridized carbons (Fsp3) is 0.333. The first-order valence-electron chi connectivity index (χ1n) is 5.81. The van der Waals surface area contributed by atoms with Gasteiger partial charge in [0.2, 0.25) is 5.79 Å². The van der Waals surface area contributed by atoms with Crippen molar-refractivity contribution in [2.75, 3.05) is 14.2 Å². The molecule has 0 heterocycles. The second-order valence-electron chi connectivity index (χ2n) is 4.20. The number of ether oxygens (including phenoxy) is 2. The zero-order valence-corrected chi connectivity index (χ0v) is 10.3. The Bertz CT molecular complexity index is 386. The summed E-state index contributed by atoms with van der Waals surface area (Å²) in [6, 6.07) is 10.5. The molecule has 2 rings (SSSR count). The van der Waals surface area contributed by atoms with E-state index < -0.39 is 5.79 Å². The molecule has 0 saturated carbocycles. The van der Waals surface area contributed by atoms with Gasteiger partial charge in [0, 0.05) is 14.2 Å². The minimum absolute atomic E-state index is 0.413. The first kappa shape index (κ1) is 12.1. The van der Waals surface area contributed by atoms with Gasteiger partial charge in [-0.15, -0.1) is 0 Å². The Hall–Kier alpha value is -1.38. The van der Waals surface area contributed by atoms with Crippen LogP contribution in [0, 0.1) is 5.92 Å². The maximum absolute atomic E-state index is 5.33. The van der Waals surface area contributed by atoms with Gasteiger partial charge >= 0.3 is 0 Å². The molecule has 0 radical (unpaired) electrons. The molecule has 0 spiro atoms. The van der Waals surface area contributed by atoms with Crippen molar-refractivity contribution in [1.82, 2.24) is 0 Å². The molecule has 0 N–H and O–H groups in total. The van der Waals surface area contributed by atoms with Crippen molar-refractivity contribution in [2.45, 2.75) is 12.2 Å². The fourth-order valence-electron chi connectivity index (χ4n) is 2.01. The quantitative estimate of drug-likeness (QED) is 0.585. The normalized spacial score (nSPS) is 18.5. The molecule has 0 fully saturated rings. The lowest BCUT2D eigenvalue weighted by Gasteiger charge is -2.27. The fourth-order valence-corrected chi connectivity index (χ4v) is 2.01. The van der Waals surface area contributed by atoms with Crippen molar-refractivity contribution in [3.05, 3.63) is 60.2 Å².